The van der Waals surface area contributed by atoms with Gasteiger partial charge in [-0.3, -0.25) is 0 Å². The molecule has 0 unspecified atom stereocenters. The van der Waals surface area contributed by atoms with Crippen LogP contribution in [-0.4, -0.2) is 28.2 Å². The number of hydrogen-bond acceptors (Lipinski definition) is 5. The molecule has 0 radical (unpaired) electrons. The summed E-state index contributed by atoms with van der Waals surface area (Å²) in [4.78, 5) is 11.8. The van der Waals surface area contributed by atoms with Crippen molar-refractivity contribution >= 4 is 0 Å². The van der Waals surface area contributed by atoms with Crippen LogP contribution in [0.15, 0.2) is 30.7 Å². The second-order valence-corrected chi connectivity index (χ2v) is 4.74. The van der Waals surface area contributed by atoms with Gasteiger partial charge in [0, 0.05) is 24.7 Å². The second kappa shape index (κ2) is 13.3. The standard InChI is InChI=1S/C9H11NO.C6H8N2O.2C2H6/c1-7-4-5-10-9(6-7)11-8-2-3-8;1-5-3-7-6(9-2)8-4-5;2*1-2/h4-6,8H,2-3H2,1H3;3-4H,1-2H3;2*1-2H3. The summed E-state index contributed by atoms with van der Waals surface area (Å²) in [6.45, 7) is 12.0. The van der Waals surface area contributed by atoms with Crippen LogP contribution in [-0.2, 0) is 0 Å². The molecule has 134 valence electrons. The molecule has 0 bridgehead atoms. The number of rotatable bonds is 3. The van der Waals surface area contributed by atoms with Gasteiger partial charge in [-0.2, -0.15) is 0 Å². The van der Waals surface area contributed by atoms with Crippen LogP contribution >= 0.6 is 0 Å². The van der Waals surface area contributed by atoms with Gasteiger partial charge in [0.15, 0.2) is 0 Å². The van der Waals surface area contributed by atoms with E-state index in [1.807, 2.05) is 53.7 Å². The summed E-state index contributed by atoms with van der Waals surface area (Å²) in [6.07, 6.45) is 8.04. The Balaban J connectivity index is 0.000000371. The summed E-state index contributed by atoms with van der Waals surface area (Å²) in [6, 6.07) is 4.36. The molecule has 0 atom stereocenters. The minimum Gasteiger partial charge on any atom is -0.474 e. The molecule has 5 heteroatoms. The molecule has 2 heterocycles. The van der Waals surface area contributed by atoms with E-state index in [-0.39, 0.29) is 0 Å². The number of pyridine rings is 1. The largest absolute Gasteiger partial charge is 0.474 e. The van der Waals surface area contributed by atoms with E-state index in [0.29, 0.717) is 12.1 Å². The number of hydrogen-bond donors (Lipinski definition) is 0. The molecular formula is C19H31N3O2. The zero-order valence-corrected chi connectivity index (χ0v) is 16.0. The van der Waals surface area contributed by atoms with Crippen molar-refractivity contribution in [1.29, 1.82) is 0 Å². The van der Waals surface area contributed by atoms with E-state index in [9.17, 15) is 0 Å². The quantitative estimate of drug-likeness (QED) is 0.809. The fourth-order valence-corrected chi connectivity index (χ4v) is 1.42. The Morgan fingerprint density at radius 2 is 1.50 bits per heavy atom. The van der Waals surface area contributed by atoms with E-state index in [2.05, 4.69) is 15.0 Å². The van der Waals surface area contributed by atoms with Gasteiger partial charge in [0.2, 0.25) is 5.88 Å². The Bertz CT molecular complexity index is 541. The average Bonchev–Trinajstić information content (AvgIpc) is 3.44. The Labute approximate surface area is 146 Å². The molecule has 2 aromatic heterocycles. The zero-order valence-electron chi connectivity index (χ0n) is 16.0. The van der Waals surface area contributed by atoms with E-state index in [0.717, 1.165) is 11.4 Å². The van der Waals surface area contributed by atoms with E-state index < -0.39 is 0 Å². The molecule has 1 saturated carbocycles. The summed E-state index contributed by atoms with van der Waals surface area (Å²) >= 11 is 0. The number of aromatic nitrogens is 3. The predicted molar refractivity (Wildman–Crippen MR) is 98.6 cm³/mol. The molecule has 1 aliphatic carbocycles. The van der Waals surface area contributed by atoms with Crippen LogP contribution in [0.2, 0.25) is 0 Å². The third-order valence-corrected chi connectivity index (χ3v) is 2.64. The number of nitrogens with zero attached hydrogens (tertiary/aromatic N) is 3. The zero-order chi connectivity index (χ0) is 18.4. The molecule has 0 saturated heterocycles. The monoisotopic (exact) mass is 333 g/mol. The molecule has 0 spiro atoms. The van der Waals surface area contributed by atoms with Gasteiger partial charge in [-0.1, -0.05) is 27.7 Å². The highest BCUT2D eigenvalue weighted by Crippen LogP contribution is 2.25. The lowest BCUT2D eigenvalue weighted by molar-refractivity contribution is 0.291. The molecule has 1 fully saturated rings. The first-order valence-corrected chi connectivity index (χ1v) is 8.59. The van der Waals surface area contributed by atoms with Gasteiger partial charge >= 0.3 is 6.01 Å². The highest BCUT2D eigenvalue weighted by atomic mass is 16.5. The van der Waals surface area contributed by atoms with Gasteiger partial charge < -0.3 is 9.47 Å². The normalized spacial score (nSPS) is 11.5. The van der Waals surface area contributed by atoms with E-state index >= 15 is 0 Å². The lowest BCUT2D eigenvalue weighted by Gasteiger charge is -2.01. The van der Waals surface area contributed by atoms with Crippen LogP contribution in [0.1, 0.15) is 51.7 Å². The van der Waals surface area contributed by atoms with E-state index in [1.165, 1.54) is 18.4 Å². The molecule has 24 heavy (non-hydrogen) atoms. The summed E-state index contributed by atoms with van der Waals surface area (Å²) in [5, 5.41) is 0. The fraction of sp³-hybridized carbons (Fsp3) is 0.526. The van der Waals surface area contributed by atoms with Crippen molar-refractivity contribution in [2.24, 2.45) is 0 Å². The molecule has 0 N–H and O–H groups in total. The van der Waals surface area contributed by atoms with Gasteiger partial charge in [0.25, 0.3) is 0 Å². The minimum atomic E-state index is 0.417. The van der Waals surface area contributed by atoms with E-state index in [4.69, 9.17) is 9.47 Å². The highest BCUT2D eigenvalue weighted by molar-refractivity contribution is 5.19. The Kier molecular flexibility index (Phi) is 12.1. The van der Waals surface area contributed by atoms with E-state index in [1.54, 1.807) is 25.7 Å². The van der Waals surface area contributed by atoms with Crippen LogP contribution < -0.4 is 9.47 Å². The third-order valence-electron chi connectivity index (χ3n) is 2.64. The van der Waals surface area contributed by atoms with Crippen molar-refractivity contribution in [3.63, 3.8) is 0 Å². The summed E-state index contributed by atoms with van der Waals surface area (Å²) < 4.78 is 10.2. The van der Waals surface area contributed by atoms with Crippen LogP contribution in [0.4, 0.5) is 0 Å². The summed E-state index contributed by atoms with van der Waals surface area (Å²) in [5.41, 5.74) is 2.24. The fourth-order valence-electron chi connectivity index (χ4n) is 1.42. The Hall–Kier alpha value is -2.17. The maximum absolute atomic E-state index is 5.50. The second-order valence-electron chi connectivity index (χ2n) is 4.74. The summed E-state index contributed by atoms with van der Waals surface area (Å²) in [5.74, 6) is 0.771. The van der Waals surface area contributed by atoms with Crippen LogP contribution in [0.5, 0.6) is 11.9 Å². The van der Waals surface area contributed by atoms with Crippen molar-refractivity contribution in [2.75, 3.05) is 7.11 Å². The average molecular weight is 333 g/mol. The van der Waals surface area contributed by atoms with Crippen molar-refractivity contribution < 1.29 is 9.47 Å². The molecule has 2 aromatic rings. The molecule has 3 rings (SSSR count). The topological polar surface area (TPSA) is 57.1 Å². The lowest BCUT2D eigenvalue weighted by atomic mass is 10.3. The molecule has 0 amide bonds. The van der Waals surface area contributed by atoms with Gasteiger partial charge in [-0.25, -0.2) is 15.0 Å². The van der Waals surface area contributed by atoms with Crippen LogP contribution in [0, 0.1) is 13.8 Å². The van der Waals surface area contributed by atoms with Crippen molar-refractivity contribution in [2.45, 2.75) is 60.5 Å². The van der Waals surface area contributed by atoms with Crippen molar-refractivity contribution in [3.8, 4) is 11.9 Å². The van der Waals surface area contributed by atoms with Crippen LogP contribution in [0.25, 0.3) is 0 Å². The predicted octanol–water partition coefficient (Wildman–Crippen LogP) is 4.78. The maximum Gasteiger partial charge on any atom is 0.316 e. The van der Waals surface area contributed by atoms with Crippen molar-refractivity contribution in [3.05, 3.63) is 41.9 Å². The first-order chi connectivity index (χ1) is 11.7. The third kappa shape index (κ3) is 9.77. The summed E-state index contributed by atoms with van der Waals surface area (Å²) in [7, 11) is 1.55. The molecular weight excluding hydrogens is 302 g/mol. The van der Waals surface area contributed by atoms with Gasteiger partial charge in [-0.15, -0.1) is 0 Å². The molecule has 0 aliphatic heterocycles. The smallest absolute Gasteiger partial charge is 0.316 e. The lowest BCUT2D eigenvalue weighted by Crippen LogP contribution is -1.97. The van der Waals surface area contributed by atoms with Gasteiger partial charge in [0.1, 0.15) is 6.10 Å². The SMILES string of the molecule is CC.CC.COc1ncc(C)cn1.Cc1ccnc(OC2CC2)c1. The van der Waals surface area contributed by atoms with Crippen molar-refractivity contribution in [1.82, 2.24) is 15.0 Å². The number of aryl methyl sites for hydroxylation is 2. The van der Waals surface area contributed by atoms with Gasteiger partial charge in [-0.05, 0) is 43.9 Å². The van der Waals surface area contributed by atoms with Crippen LogP contribution in [0.3, 0.4) is 0 Å². The molecule has 5 nitrogen and oxygen atoms in total. The minimum absolute atomic E-state index is 0.417. The first-order valence-electron chi connectivity index (χ1n) is 8.59. The Morgan fingerprint density at radius 1 is 0.917 bits per heavy atom. The highest BCUT2D eigenvalue weighted by Gasteiger charge is 2.23. The number of ether oxygens (including phenoxy) is 2. The molecule has 0 aromatic carbocycles. The molecule has 1 aliphatic rings. The van der Waals surface area contributed by atoms with Gasteiger partial charge in [0.05, 0.1) is 7.11 Å². The number of methoxy groups -OCH3 is 1. The maximum atomic E-state index is 5.50. The Morgan fingerprint density at radius 3 is 1.96 bits per heavy atom. The first kappa shape index (κ1) is 21.8.